The van der Waals surface area contributed by atoms with E-state index in [-0.39, 0.29) is 5.56 Å². The van der Waals surface area contributed by atoms with Gasteiger partial charge >= 0.3 is 5.97 Å². The average Bonchev–Trinajstić information content (AvgIpc) is 3.37. The normalized spacial score (nSPS) is 10.8. The summed E-state index contributed by atoms with van der Waals surface area (Å²) in [6.07, 6.45) is 1.29. The summed E-state index contributed by atoms with van der Waals surface area (Å²) in [4.78, 5) is 32.5. The Hall–Kier alpha value is -2.94. The summed E-state index contributed by atoms with van der Waals surface area (Å²) in [7, 11) is 0. The molecule has 4 aromatic rings. The molecule has 0 saturated heterocycles. The van der Waals surface area contributed by atoms with Crippen LogP contribution in [0.4, 0.5) is 5.13 Å². The van der Waals surface area contributed by atoms with Crippen molar-refractivity contribution < 1.29 is 18.7 Å². The van der Waals surface area contributed by atoms with Crippen LogP contribution in [0.1, 0.15) is 10.4 Å². The highest BCUT2D eigenvalue weighted by molar-refractivity contribution is 7.14. The molecule has 146 valence electrons. The van der Waals surface area contributed by atoms with Crippen molar-refractivity contribution in [2.45, 2.75) is 0 Å². The molecule has 29 heavy (non-hydrogen) atoms. The first kappa shape index (κ1) is 19.4. The Bertz CT molecular complexity index is 1220. The quantitative estimate of drug-likeness (QED) is 0.430. The molecule has 4 rings (SSSR count). The zero-order valence-electron chi connectivity index (χ0n) is 14.5. The molecule has 0 bridgehead atoms. The van der Waals surface area contributed by atoms with E-state index in [9.17, 15) is 9.59 Å². The number of thiazole rings is 1. The molecule has 0 aliphatic heterocycles. The van der Waals surface area contributed by atoms with Crippen LogP contribution >= 0.6 is 34.5 Å². The van der Waals surface area contributed by atoms with Crippen molar-refractivity contribution in [2.75, 3.05) is 11.9 Å². The summed E-state index contributed by atoms with van der Waals surface area (Å²) in [6, 6.07) is 9.83. The fourth-order valence-electron chi connectivity index (χ4n) is 2.47. The fraction of sp³-hybridized carbons (Fsp3) is 0.0526. The summed E-state index contributed by atoms with van der Waals surface area (Å²) >= 11 is 13.2. The number of esters is 1. The van der Waals surface area contributed by atoms with E-state index < -0.39 is 18.5 Å². The minimum Gasteiger partial charge on any atom is -0.452 e. The predicted molar refractivity (Wildman–Crippen MR) is 110 cm³/mol. The van der Waals surface area contributed by atoms with Gasteiger partial charge in [0.2, 0.25) is 0 Å². The van der Waals surface area contributed by atoms with Crippen LogP contribution in [-0.2, 0) is 9.53 Å². The van der Waals surface area contributed by atoms with Crippen molar-refractivity contribution in [3.63, 3.8) is 0 Å². The van der Waals surface area contributed by atoms with E-state index in [1.807, 2.05) is 0 Å². The number of carbonyl (C=O) groups excluding carboxylic acids is 2. The van der Waals surface area contributed by atoms with Gasteiger partial charge in [-0.15, -0.1) is 11.3 Å². The smallest absolute Gasteiger partial charge is 0.338 e. The number of nitrogens with zero attached hydrogens (tertiary/aromatic N) is 2. The summed E-state index contributed by atoms with van der Waals surface area (Å²) in [5.74, 6) is -1.14. The lowest BCUT2D eigenvalue weighted by Crippen LogP contribution is -2.20. The molecule has 0 fully saturated rings. The first-order valence-electron chi connectivity index (χ1n) is 8.21. The number of anilines is 1. The van der Waals surface area contributed by atoms with E-state index in [2.05, 4.69) is 15.3 Å². The molecule has 7 nitrogen and oxygen atoms in total. The molecular formula is C19H11Cl2N3O4S. The number of hydrogen-bond acceptors (Lipinski definition) is 7. The zero-order valence-corrected chi connectivity index (χ0v) is 16.8. The first-order chi connectivity index (χ1) is 14.0. The van der Waals surface area contributed by atoms with E-state index in [1.54, 1.807) is 29.6 Å². The molecular weight excluding hydrogens is 437 g/mol. The van der Waals surface area contributed by atoms with Gasteiger partial charge in [-0.1, -0.05) is 29.3 Å². The average molecular weight is 448 g/mol. The number of carbonyl (C=O) groups is 2. The largest absolute Gasteiger partial charge is 0.452 e. The molecule has 1 N–H and O–H groups in total. The highest BCUT2D eigenvalue weighted by Gasteiger charge is 2.14. The SMILES string of the molecule is O=C(COC(=O)c1ccc2ocnc2c1)Nc1nc(-c2ccc(Cl)c(Cl)c2)cs1. The van der Waals surface area contributed by atoms with Crippen molar-refractivity contribution in [1.29, 1.82) is 0 Å². The molecule has 0 aliphatic carbocycles. The molecule has 0 atom stereocenters. The third-order valence-corrected chi connectivity index (χ3v) is 5.36. The van der Waals surface area contributed by atoms with Crippen LogP contribution in [0.5, 0.6) is 0 Å². The molecule has 0 saturated carbocycles. The minimum absolute atomic E-state index is 0.273. The maximum atomic E-state index is 12.1. The lowest BCUT2D eigenvalue weighted by Gasteiger charge is -2.04. The second-order valence-electron chi connectivity index (χ2n) is 5.83. The molecule has 0 aliphatic rings. The number of ether oxygens (including phenoxy) is 1. The van der Waals surface area contributed by atoms with Gasteiger partial charge in [-0.3, -0.25) is 10.1 Å². The maximum Gasteiger partial charge on any atom is 0.338 e. The minimum atomic E-state index is -0.638. The Kier molecular flexibility index (Phi) is 5.48. The van der Waals surface area contributed by atoms with Crippen molar-refractivity contribution in [3.05, 3.63) is 63.8 Å². The van der Waals surface area contributed by atoms with Gasteiger partial charge in [0, 0.05) is 10.9 Å². The number of fused-ring (bicyclic) bond motifs is 1. The lowest BCUT2D eigenvalue weighted by molar-refractivity contribution is -0.119. The van der Waals surface area contributed by atoms with Gasteiger partial charge in [-0.2, -0.15) is 0 Å². The van der Waals surface area contributed by atoms with Crippen LogP contribution in [0.25, 0.3) is 22.4 Å². The Labute approximate surface area is 178 Å². The molecule has 0 unspecified atom stereocenters. The fourth-order valence-corrected chi connectivity index (χ4v) is 3.51. The van der Waals surface area contributed by atoms with Crippen LogP contribution < -0.4 is 5.32 Å². The third-order valence-electron chi connectivity index (χ3n) is 3.87. The van der Waals surface area contributed by atoms with Crippen molar-refractivity contribution >= 4 is 62.6 Å². The van der Waals surface area contributed by atoms with E-state index in [0.29, 0.717) is 32.0 Å². The summed E-state index contributed by atoms with van der Waals surface area (Å²) in [5.41, 5.74) is 2.77. The first-order valence-corrected chi connectivity index (χ1v) is 9.84. The molecule has 1 amide bonds. The summed E-state index contributed by atoms with van der Waals surface area (Å²) < 4.78 is 10.2. The Morgan fingerprint density at radius 1 is 1.14 bits per heavy atom. The molecule has 2 heterocycles. The predicted octanol–water partition coefficient (Wildman–Crippen LogP) is 5.05. The van der Waals surface area contributed by atoms with Crippen molar-refractivity contribution in [2.24, 2.45) is 0 Å². The number of oxazole rings is 1. The molecule has 0 radical (unpaired) electrons. The van der Waals surface area contributed by atoms with E-state index in [1.165, 1.54) is 29.9 Å². The number of halogens is 2. The number of rotatable bonds is 5. The molecule has 0 spiro atoms. The van der Waals surface area contributed by atoms with Crippen molar-refractivity contribution in [3.8, 4) is 11.3 Å². The number of hydrogen-bond donors (Lipinski definition) is 1. The van der Waals surface area contributed by atoms with Crippen LogP contribution in [0.2, 0.25) is 10.0 Å². The highest BCUT2D eigenvalue weighted by atomic mass is 35.5. The maximum absolute atomic E-state index is 12.1. The van der Waals surface area contributed by atoms with Gasteiger partial charge in [0.25, 0.3) is 5.91 Å². The van der Waals surface area contributed by atoms with E-state index in [0.717, 1.165) is 5.56 Å². The van der Waals surface area contributed by atoms with Gasteiger partial charge < -0.3 is 9.15 Å². The second kappa shape index (κ2) is 8.20. The lowest BCUT2D eigenvalue weighted by atomic mass is 10.2. The van der Waals surface area contributed by atoms with Gasteiger partial charge in [0.15, 0.2) is 23.7 Å². The Balaban J connectivity index is 1.35. The summed E-state index contributed by atoms with van der Waals surface area (Å²) in [6.45, 7) is -0.447. The van der Waals surface area contributed by atoms with Gasteiger partial charge in [0.1, 0.15) is 5.52 Å². The molecule has 2 aromatic heterocycles. The van der Waals surface area contributed by atoms with Crippen LogP contribution in [-0.4, -0.2) is 28.5 Å². The Morgan fingerprint density at radius 3 is 2.83 bits per heavy atom. The topological polar surface area (TPSA) is 94.3 Å². The van der Waals surface area contributed by atoms with Gasteiger partial charge in [-0.05, 0) is 30.3 Å². The standard InChI is InChI=1S/C19H11Cl2N3O4S/c20-12-3-1-10(5-13(12)21)15-8-29-19(23-15)24-17(25)7-27-18(26)11-2-4-16-14(6-11)22-9-28-16/h1-6,8-9H,7H2,(H,23,24,25). The van der Waals surface area contributed by atoms with E-state index in [4.69, 9.17) is 32.4 Å². The molecule has 10 heteroatoms. The van der Waals surface area contributed by atoms with Crippen molar-refractivity contribution in [1.82, 2.24) is 9.97 Å². The van der Waals surface area contributed by atoms with Gasteiger partial charge in [0.05, 0.1) is 21.3 Å². The molecule has 2 aromatic carbocycles. The monoisotopic (exact) mass is 447 g/mol. The number of benzene rings is 2. The van der Waals surface area contributed by atoms with Crippen LogP contribution in [0, 0.1) is 0 Å². The van der Waals surface area contributed by atoms with Crippen LogP contribution in [0.3, 0.4) is 0 Å². The number of amides is 1. The van der Waals surface area contributed by atoms with Gasteiger partial charge in [-0.25, -0.2) is 14.8 Å². The Morgan fingerprint density at radius 2 is 2.00 bits per heavy atom. The third kappa shape index (κ3) is 4.40. The number of aromatic nitrogens is 2. The zero-order chi connectivity index (χ0) is 20.4. The highest BCUT2D eigenvalue weighted by Crippen LogP contribution is 2.30. The van der Waals surface area contributed by atoms with E-state index >= 15 is 0 Å². The number of nitrogens with one attached hydrogen (secondary N) is 1. The second-order valence-corrected chi connectivity index (χ2v) is 7.50. The summed E-state index contributed by atoms with van der Waals surface area (Å²) in [5, 5.41) is 5.60. The van der Waals surface area contributed by atoms with Crippen LogP contribution in [0.15, 0.2) is 52.6 Å².